The lowest BCUT2D eigenvalue weighted by Gasteiger charge is -2.59. The molecule has 2 aliphatic rings. The SMILES string of the molecule is N#Cc1ccc(CNC(=O)N2CC3(CCOCC3)C2c2ccccc2)cc1F. The predicted molar refractivity (Wildman–Crippen MR) is 102 cm³/mol. The van der Waals surface area contributed by atoms with Gasteiger partial charge in [-0.05, 0) is 36.1 Å². The molecular weight excluding hydrogens is 357 g/mol. The average Bonchev–Trinajstić information content (AvgIpc) is 2.72. The lowest BCUT2D eigenvalue weighted by Crippen LogP contribution is -2.64. The maximum Gasteiger partial charge on any atom is 0.318 e. The highest BCUT2D eigenvalue weighted by atomic mass is 19.1. The predicted octanol–water partition coefficient (Wildman–Crippen LogP) is 3.76. The molecule has 0 aromatic heterocycles. The molecule has 2 fully saturated rings. The normalized spacial score (nSPS) is 20.3. The third-order valence-corrected chi connectivity index (χ3v) is 5.84. The molecule has 0 saturated carbocycles. The van der Waals surface area contributed by atoms with Crippen LogP contribution in [0.25, 0.3) is 0 Å². The molecule has 0 bridgehead atoms. The molecular formula is C22H22FN3O2. The van der Waals surface area contributed by atoms with Gasteiger partial charge in [0.1, 0.15) is 11.9 Å². The highest BCUT2D eigenvalue weighted by Gasteiger charge is 2.55. The van der Waals surface area contributed by atoms with Crippen molar-refractivity contribution in [3.8, 4) is 6.07 Å². The summed E-state index contributed by atoms with van der Waals surface area (Å²) in [6.45, 7) is 2.37. The van der Waals surface area contributed by atoms with E-state index in [9.17, 15) is 9.18 Å². The van der Waals surface area contributed by atoms with Crippen molar-refractivity contribution in [3.05, 3.63) is 71.0 Å². The van der Waals surface area contributed by atoms with Gasteiger partial charge in [-0.2, -0.15) is 5.26 Å². The summed E-state index contributed by atoms with van der Waals surface area (Å²) < 4.78 is 19.3. The Morgan fingerprint density at radius 1 is 1.25 bits per heavy atom. The first-order valence-electron chi connectivity index (χ1n) is 9.49. The molecule has 144 valence electrons. The maximum atomic E-state index is 13.8. The number of carbonyl (C=O) groups excluding carboxylic acids is 1. The molecule has 2 amide bonds. The molecule has 28 heavy (non-hydrogen) atoms. The second kappa shape index (κ2) is 7.61. The molecule has 0 aliphatic carbocycles. The Bertz CT molecular complexity index is 904. The van der Waals surface area contributed by atoms with E-state index in [4.69, 9.17) is 10.00 Å². The number of halogens is 1. The van der Waals surface area contributed by atoms with Crippen molar-refractivity contribution >= 4 is 6.03 Å². The van der Waals surface area contributed by atoms with Gasteiger partial charge in [0.05, 0.1) is 11.6 Å². The van der Waals surface area contributed by atoms with Crippen LogP contribution in [-0.2, 0) is 11.3 Å². The minimum Gasteiger partial charge on any atom is -0.381 e. The third kappa shape index (κ3) is 3.34. The quantitative estimate of drug-likeness (QED) is 0.883. The number of nitrogens with zero attached hydrogens (tertiary/aromatic N) is 2. The first kappa shape index (κ1) is 18.5. The number of hydrogen-bond acceptors (Lipinski definition) is 3. The van der Waals surface area contributed by atoms with E-state index in [1.165, 1.54) is 12.1 Å². The van der Waals surface area contributed by atoms with Crippen LogP contribution in [0.1, 0.15) is 35.6 Å². The zero-order valence-electron chi connectivity index (χ0n) is 15.5. The van der Waals surface area contributed by atoms with E-state index in [0.29, 0.717) is 12.1 Å². The first-order valence-corrected chi connectivity index (χ1v) is 9.49. The van der Waals surface area contributed by atoms with Crippen LogP contribution in [0.15, 0.2) is 48.5 Å². The topological polar surface area (TPSA) is 65.4 Å². The zero-order valence-corrected chi connectivity index (χ0v) is 15.5. The fourth-order valence-electron chi connectivity index (χ4n) is 4.34. The standard InChI is InChI=1S/C22H22FN3O2/c23-19-12-16(6-7-18(19)13-24)14-25-21(27)26-15-22(8-10-28-11-9-22)20(26)17-4-2-1-3-5-17/h1-7,12,20H,8-11,14-15H2,(H,25,27). The molecule has 2 saturated heterocycles. The van der Waals surface area contributed by atoms with Crippen molar-refractivity contribution < 1.29 is 13.9 Å². The summed E-state index contributed by atoms with van der Waals surface area (Å²) in [4.78, 5) is 14.7. The van der Waals surface area contributed by atoms with Crippen LogP contribution in [-0.4, -0.2) is 30.7 Å². The Morgan fingerprint density at radius 3 is 2.68 bits per heavy atom. The van der Waals surface area contributed by atoms with E-state index < -0.39 is 5.82 Å². The molecule has 1 atom stereocenters. The van der Waals surface area contributed by atoms with Crippen LogP contribution in [0.4, 0.5) is 9.18 Å². The van der Waals surface area contributed by atoms with Gasteiger partial charge in [0.15, 0.2) is 0 Å². The van der Waals surface area contributed by atoms with Crippen molar-refractivity contribution in [2.75, 3.05) is 19.8 Å². The van der Waals surface area contributed by atoms with Crippen LogP contribution >= 0.6 is 0 Å². The highest BCUT2D eigenvalue weighted by molar-refractivity contribution is 5.76. The number of urea groups is 1. The Kier molecular flexibility index (Phi) is 5.01. The van der Waals surface area contributed by atoms with E-state index in [2.05, 4.69) is 17.4 Å². The zero-order chi connectivity index (χ0) is 19.6. The van der Waals surface area contributed by atoms with Gasteiger partial charge >= 0.3 is 6.03 Å². The molecule has 2 aromatic rings. The van der Waals surface area contributed by atoms with E-state index >= 15 is 0 Å². The average molecular weight is 379 g/mol. The smallest absolute Gasteiger partial charge is 0.318 e. The number of rotatable bonds is 3. The summed E-state index contributed by atoms with van der Waals surface area (Å²) in [6, 6.07) is 16.2. The molecule has 0 radical (unpaired) electrons. The van der Waals surface area contributed by atoms with E-state index in [-0.39, 0.29) is 29.6 Å². The molecule has 2 aliphatic heterocycles. The van der Waals surface area contributed by atoms with E-state index in [1.807, 2.05) is 23.1 Å². The van der Waals surface area contributed by atoms with Crippen molar-refractivity contribution in [1.29, 1.82) is 5.26 Å². The molecule has 6 heteroatoms. The summed E-state index contributed by atoms with van der Waals surface area (Å²) in [5, 5.41) is 11.7. The summed E-state index contributed by atoms with van der Waals surface area (Å²) >= 11 is 0. The van der Waals surface area contributed by atoms with Crippen LogP contribution in [0.2, 0.25) is 0 Å². The first-order chi connectivity index (χ1) is 13.6. The highest BCUT2D eigenvalue weighted by Crippen LogP contribution is 2.54. The van der Waals surface area contributed by atoms with Gasteiger partial charge in [0.25, 0.3) is 0 Å². The monoisotopic (exact) mass is 379 g/mol. The number of likely N-dealkylation sites (tertiary alicyclic amines) is 1. The molecule has 1 N–H and O–H groups in total. The van der Waals surface area contributed by atoms with Crippen molar-refractivity contribution in [3.63, 3.8) is 0 Å². The summed E-state index contributed by atoms with van der Waals surface area (Å²) in [5.74, 6) is -0.568. The molecule has 1 spiro atoms. The van der Waals surface area contributed by atoms with Crippen molar-refractivity contribution in [2.24, 2.45) is 5.41 Å². The molecule has 1 unspecified atom stereocenters. The van der Waals surface area contributed by atoms with Crippen LogP contribution in [0.3, 0.4) is 0 Å². The lowest BCUT2D eigenvalue weighted by atomic mass is 9.64. The fraction of sp³-hybridized carbons (Fsp3) is 0.364. The third-order valence-electron chi connectivity index (χ3n) is 5.84. The fourth-order valence-corrected chi connectivity index (χ4v) is 4.34. The Labute approximate surface area is 163 Å². The number of hydrogen-bond donors (Lipinski definition) is 1. The molecule has 2 heterocycles. The van der Waals surface area contributed by atoms with Gasteiger partial charge in [0.2, 0.25) is 0 Å². The number of ether oxygens (including phenoxy) is 1. The van der Waals surface area contributed by atoms with Gasteiger partial charge in [-0.1, -0.05) is 36.4 Å². The van der Waals surface area contributed by atoms with E-state index in [0.717, 1.165) is 31.6 Å². The summed E-state index contributed by atoms with van der Waals surface area (Å²) in [5.41, 5.74) is 1.83. The summed E-state index contributed by atoms with van der Waals surface area (Å²) in [7, 11) is 0. The Hall–Kier alpha value is -2.91. The summed E-state index contributed by atoms with van der Waals surface area (Å²) in [6.07, 6.45) is 1.88. The van der Waals surface area contributed by atoms with Crippen LogP contribution in [0, 0.1) is 22.6 Å². The number of nitriles is 1. The second-order valence-corrected chi connectivity index (χ2v) is 7.50. The van der Waals surface area contributed by atoms with E-state index in [1.54, 1.807) is 12.1 Å². The second-order valence-electron chi connectivity index (χ2n) is 7.50. The van der Waals surface area contributed by atoms with Gasteiger partial charge < -0.3 is 15.0 Å². The minimum atomic E-state index is -0.568. The number of benzene rings is 2. The van der Waals surface area contributed by atoms with Gasteiger partial charge in [-0.3, -0.25) is 0 Å². The maximum absolute atomic E-state index is 13.8. The minimum absolute atomic E-state index is 0.00317. The molecule has 4 rings (SSSR count). The van der Waals surface area contributed by atoms with Crippen LogP contribution in [0.5, 0.6) is 0 Å². The molecule has 5 nitrogen and oxygen atoms in total. The van der Waals surface area contributed by atoms with Gasteiger partial charge in [0, 0.05) is 31.7 Å². The van der Waals surface area contributed by atoms with Crippen LogP contribution < -0.4 is 5.32 Å². The number of amides is 2. The number of carbonyl (C=O) groups is 1. The van der Waals surface area contributed by atoms with Gasteiger partial charge in [-0.15, -0.1) is 0 Å². The Morgan fingerprint density at radius 2 is 2.00 bits per heavy atom. The largest absolute Gasteiger partial charge is 0.381 e. The van der Waals surface area contributed by atoms with Gasteiger partial charge in [-0.25, -0.2) is 9.18 Å². The number of nitrogens with one attached hydrogen (secondary N) is 1. The Balaban J connectivity index is 1.47. The lowest BCUT2D eigenvalue weighted by molar-refractivity contribution is -0.111. The van der Waals surface area contributed by atoms with Crippen molar-refractivity contribution in [2.45, 2.75) is 25.4 Å². The molecule has 2 aromatic carbocycles. The van der Waals surface area contributed by atoms with Crippen molar-refractivity contribution in [1.82, 2.24) is 10.2 Å².